The van der Waals surface area contributed by atoms with E-state index in [0.29, 0.717) is 3.92 Å². The zero-order chi connectivity index (χ0) is 14.1. The summed E-state index contributed by atoms with van der Waals surface area (Å²) >= 11 is 2.43. The lowest BCUT2D eigenvalue weighted by molar-refractivity contribution is 0.103. The van der Waals surface area contributed by atoms with Gasteiger partial charge in [-0.3, -0.25) is 4.79 Å². The zero-order valence-electron chi connectivity index (χ0n) is 11.9. The third kappa shape index (κ3) is 6.37. The second-order valence-electron chi connectivity index (χ2n) is 4.91. The second-order valence-corrected chi connectivity index (χ2v) is 6.51. The van der Waals surface area contributed by atoms with Crippen LogP contribution in [0.15, 0.2) is 42.0 Å². The lowest BCUT2D eigenvalue weighted by Crippen LogP contribution is -2.03. The van der Waals surface area contributed by atoms with Gasteiger partial charge in [0.2, 0.25) is 0 Å². The van der Waals surface area contributed by atoms with Gasteiger partial charge in [0.15, 0.2) is 5.78 Å². The topological polar surface area (TPSA) is 17.1 Å². The third-order valence-corrected chi connectivity index (χ3v) is 4.14. The molecule has 104 valence electrons. The van der Waals surface area contributed by atoms with E-state index >= 15 is 0 Å². The molecule has 0 N–H and O–H groups in total. The first-order valence-electron chi connectivity index (χ1n) is 7.07. The summed E-state index contributed by atoms with van der Waals surface area (Å²) in [5.41, 5.74) is 1.65. The Hall–Kier alpha value is -0.640. The fraction of sp³-hybridized carbons (Fsp3) is 0.471. The highest BCUT2D eigenvalue weighted by Gasteiger charge is 2.09. The summed E-state index contributed by atoms with van der Waals surface area (Å²) < 4.78 is 0.460. The van der Waals surface area contributed by atoms with Crippen molar-refractivity contribution in [3.05, 3.63) is 47.5 Å². The van der Waals surface area contributed by atoms with Gasteiger partial charge >= 0.3 is 0 Å². The van der Waals surface area contributed by atoms with Gasteiger partial charge in [0, 0.05) is 9.49 Å². The SMILES string of the molecule is CCCCCCC(I)/C=C(/C)C(=O)c1ccccc1. The summed E-state index contributed by atoms with van der Waals surface area (Å²) in [5, 5.41) is 0. The largest absolute Gasteiger partial charge is 0.289 e. The Balaban J connectivity index is 2.49. The van der Waals surface area contributed by atoms with Gasteiger partial charge in [-0.05, 0) is 18.9 Å². The van der Waals surface area contributed by atoms with Crippen LogP contribution < -0.4 is 0 Å². The van der Waals surface area contributed by atoms with E-state index in [1.807, 2.05) is 37.3 Å². The van der Waals surface area contributed by atoms with E-state index in [2.05, 4.69) is 35.6 Å². The van der Waals surface area contributed by atoms with Crippen LogP contribution in [0.2, 0.25) is 0 Å². The summed E-state index contributed by atoms with van der Waals surface area (Å²) in [6, 6.07) is 9.51. The highest BCUT2D eigenvalue weighted by atomic mass is 127. The Kier molecular flexibility index (Phi) is 8.03. The van der Waals surface area contributed by atoms with Crippen molar-refractivity contribution in [1.82, 2.24) is 0 Å². The van der Waals surface area contributed by atoms with Gasteiger partial charge in [-0.2, -0.15) is 0 Å². The number of halogens is 1. The Morgan fingerprint density at radius 2 is 1.89 bits per heavy atom. The van der Waals surface area contributed by atoms with Gasteiger partial charge in [0.05, 0.1) is 0 Å². The first kappa shape index (κ1) is 16.4. The molecule has 0 bridgehead atoms. The van der Waals surface area contributed by atoms with Crippen molar-refractivity contribution in [3.8, 4) is 0 Å². The molecule has 0 saturated heterocycles. The molecule has 0 fully saturated rings. The van der Waals surface area contributed by atoms with Gasteiger partial charge in [-0.15, -0.1) is 0 Å². The molecule has 0 aliphatic rings. The fourth-order valence-corrected chi connectivity index (χ4v) is 2.99. The Bertz CT molecular complexity index is 409. The van der Waals surface area contributed by atoms with Crippen LogP contribution in [0, 0.1) is 0 Å². The number of unbranched alkanes of at least 4 members (excludes halogenated alkanes) is 3. The Morgan fingerprint density at radius 1 is 1.21 bits per heavy atom. The minimum absolute atomic E-state index is 0.149. The fourth-order valence-electron chi connectivity index (χ4n) is 2.01. The summed E-state index contributed by atoms with van der Waals surface area (Å²) in [6.45, 7) is 4.15. The van der Waals surface area contributed by atoms with Crippen molar-refractivity contribution in [2.24, 2.45) is 0 Å². The predicted molar refractivity (Wildman–Crippen MR) is 91.1 cm³/mol. The molecule has 0 saturated carbocycles. The van der Waals surface area contributed by atoms with E-state index in [4.69, 9.17) is 0 Å². The van der Waals surface area contributed by atoms with Crippen LogP contribution in [-0.4, -0.2) is 9.71 Å². The lowest BCUT2D eigenvalue weighted by atomic mass is 10.0. The number of allylic oxidation sites excluding steroid dienone is 2. The number of rotatable bonds is 8. The first-order chi connectivity index (χ1) is 9.15. The van der Waals surface area contributed by atoms with Crippen LogP contribution in [0.3, 0.4) is 0 Å². The summed E-state index contributed by atoms with van der Waals surface area (Å²) in [6.07, 6.45) is 8.42. The number of hydrogen-bond acceptors (Lipinski definition) is 1. The number of benzene rings is 1. The van der Waals surface area contributed by atoms with E-state index in [9.17, 15) is 4.79 Å². The van der Waals surface area contributed by atoms with E-state index < -0.39 is 0 Å². The van der Waals surface area contributed by atoms with Gasteiger partial charge < -0.3 is 0 Å². The number of Topliss-reactive ketones (excluding diaryl/α,β-unsaturated/α-hetero) is 1. The van der Waals surface area contributed by atoms with Crippen molar-refractivity contribution in [2.75, 3.05) is 0 Å². The van der Waals surface area contributed by atoms with Gasteiger partial charge in [0.1, 0.15) is 0 Å². The molecular weight excluding hydrogens is 347 g/mol. The molecule has 1 aromatic carbocycles. The number of carbonyl (C=O) groups excluding carboxylic acids is 1. The average molecular weight is 370 g/mol. The molecule has 1 unspecified atom stereocenters. The molecule has 1 nitrogen and oxygen atoms in total. The van der Waals surface area contributed by atoms with E-state index in [0.717, 1.165) is 11.1 Å². The van der Waals surface area contributed by atoms with Crippen LogP contribution >= 0.6 is 22.6 Å². The molecule has 19 heavy (non-hydrogen) atoms. The molecule has 1 atom stereocenters. The third-order valence-electron chi connectivity index (χ3n) is 3.16. The monoisotopic (exact) mass is 370 g/mol. The van der Waals surface area contributed by atoms with Gasteiger partial charge in [-0.25, -0.2) is 0 Å². The van der Waals surface area contributed by atoms with Crippen LogP contribution in [0.1, 0.15) is 56.3 Å². The smallest absolute Gasteiger partial charge is 0.188 e. The predicted octanol–water partition coefficient (Wildman–Crippen LogP) is 5.59. The van der Waals surface area contributed by atoms with Crippen molar-refractivity contribution in [3.63, 3.8) is 0 Å². The number of ketones is 1. The van der Waals surface area contributed by atoms with Crippen LogP contribution in [-0.2, 0) is 0 Å². The minimum atomic E-state index is 0.149. The van der Waals surface area contributed by atoms with Gasteiger partial charge in [0.25, 0.3) is 0 Å². The van der Waals surface area contributed by atoms with Crippen LogP contribution in [0.4, 0.5) is 0 Å². The number of carbonyl (C=O) groups is 1. The maximum atomic E-state index is 12.2. The molecule has 0 aromatic heterocycles. The second kappa shape index (κ2) is 9.29. The first-order valence-corrected chi connectivity index (χ1v) is 8.32. The zero-order valence-corrected chi connectivity index (χ0v) is 14.0. The Morgan fingerprint density at radius 3 is 2.53 bits per heavy atom. The van der Waals surface area contributed by atoms with E-state index in [1.54, 1.807) is 0 Å². The molecule has 1 aromatic rings. The summed E-state index contributed by atoms with van der Waals surface area (Å²) in [7, 11) is 0. The molecule has 0 spiro atoms. The molecule has 0 heterocycles. The standard InChI is InChI=1S/C17H23IO/c1-3-4-5-9-12-16(18)13-14(2)17(19)15-10-7-6-8-11-15/h6-8,10-11,13,16H,3-5,9,12H2,1-2H3/b14-13-. The maximum absolute atomic E-state index is 12.2. The molecule has 0 amide bonds. The van der Waals surface area contributed by atoms with E-state index in [1.165, 1.54) is 32.1 Å². The molecule has 2 heteroatoms. The summed E-state index contributed by atoms with van der Waals surface area (Å²) in [4.78, 5) is 12.2. The van der Waals surface area contributed by atoms with Crippen molar-refractivity contribution in [2.45, 2.75) is 49.9 Å². The molecule has 0 radical (unpaired) electrons. The molecule has 1 rings (SSSR count). The number of alkyl halides is 1. The van der Waals surface area contributed by atoms with Crippen molar-refractivity contribution < 1.29 is 4.79 Å². The minimum Gasteiger partial charge on any atom is -0.289 e. The molecule has 0 aliphatic heterocycles. The highest BCUT2D eigenvalue weighted by molar-refractivity contribution is 14.1. The van der Waals surface area contributed by atoms with Crippen LogP contribution in [0.25, 0.3) is 0 Å². The lowest BCUT2D eigenvalue weighted by Gasteiger charge is -2.07. The Labute approximate surface area is 130 Å². The van der Waals surface area contributed by atoms with Crippen molar-refractivity contribution in [1.29, 1.82) is 0 Å². The summed E-state index contributed by atoms with van der Waals surface area (Å²) in [5.74, 6) is 0.149. The van der Waals surface area contributed by atoms with Crippen LogP contribution in [0.5, 0.6) is 0 Å². The van der Waals surface area contributed by atoms with Crippen molar-refractivity contribution >= 4 is 28.4 Å². The molecule has 0 aliphatic carbocycles. The average Bonchev–Trinajstić information content (AvgIpc) is 2.43. The maximum Gasteiger partial charge on any atom is 0.188 e. The van der Waals surface area contributed by atoms with E-state index in [-0.39, 0.29) is 5.78 Å². The highest BCUT2D eigenvalue weighted by Crippen LogP contribution is 2.17. The van der Waals surface area contributed by atoms with Gasteiger partial charge in [-0.1, -0.05) is 91.6 Å². The number of hydrogen-bond donors (Lipinski definition) is 0. The quantitative estimate of drug-likeness (QED) is 0.192. The molecular formula is C17H23IO. The normalized spacial score (nSPS) is 13.3.